The molecule has 0 amide bonds. The van der Waals surface area contributed by atoms with E-state index in [0.717, 1.165) is 55.2 Å². The van der Waals surface area contributed by atoms with Crippen molar-refractivity contribution in [2.24, 2.45) is 11.8 Å². The number of nitrogens with zero attached hydrogens (tertiary/aromatic N) is 6. The van der Waals surface area contributed by atoms with Gasteiger partial charge in [0.05, 0.1) is 19.0 Å². The number of aromatic nitrogens is 5. The van der Waals surface area contributed by atoms with E-state index in [0.29, 0.717) is 35.2 Å². The molecule has 0 saturated carbocycles. The summed E-state index contributed by atoms with van der Waals surface area (Å²) in [7, 11) is 1.63. The number of hydrogen-bond acceptors (Lipinski definition) is 6. The fourth-order valence-electron chi connectivity index (χ4n) is 5.22. The lowest BCUT2D eigenvalue weighted by atomic mass is 9.96. The second kappa shape index (κ2) is 10.2. The van der Waals surface area contributed by atoms with Gasteiger partial charge < -0.3 is 9.64 Å². The van der Waals surface area contributed by atoms with Crippen LogP contribution in [-0.2, 0) is 6.54 Å². The molecule has 5 rings (SSSR count). The van der Waals surface area contributed by atoms with Crippen LogP contribution in [0.4, 0.5) is 0 Å². The number of benzene rings is 1. The Balaban J connectivity index is 1.60. The second-order valence-electron chi connectivity index (χ2n) is 10.2. The summed E-state index contributed by atoms with van der Waals surface area (Å²) in [5.41, 5.74) is 3.37. The lowest BCUT2D eigenvalue weighted by molar-refractivity contribution is 0.148. The molecular formula is C28H34N6O2. The van der Waals surface area contributed by atoms with Crippen LogP contribution in [0.3, 0.4) is 0 Å². The van der Waals surface area contributed by atoms with E-state index in [1.807, 2.05) is 54.1 Å². The van der Waals surface area contributed by atoms with Gasteiger partial charge in [-0.2, -0.15) is 5.10 Å². The summed E-state index contributed by atoms with van der Waals surface area (Å²) >= 11 is 0. The van der Waals surface area contributed by atoms with Gasteiger partial charge in [-0.05, 0) is 62.4 Å². The summed E-state index contributed by atoms with van der Waals surface area (Å²) in [4.78, 5) is 25.9. The molecule has 1 fully saturated rings. The first-order chi connectivity index (χ1) is 17.4. The lowest BCUT2D eigenvalue weighted by Gasteiger charge is -2.34. The van der Waals surface area contributed by atoms with E-state index in [9.17, 15) is 4.79 Å². The summed E-state index contributed by atoms with van der Waals surface area (Å²) < 4.78 is 8.90. The van der Waals surface area contributed by atoms with Crippen molar-refractivity contribution in [3.8, 4) is 22.8 Å². The molecule has 1 aromatic carbocycles. The number of pyridine rings is 1. The minimum absolute atomic E-state index is 0.110. The number of ether oxygens (including phenoxy) is 1. The zero-order chi connectivity index (χ0) is 25.2. The molecule has 0 unspecified atom stereocenters. The molecule has 4 aromatic rings. The van der Waals surface area contributed by atoms with Gasteiger partial charge in [0.25, 0.3) is 5.56 Å². The third-order valence-electron chi connectivity index (χ3n) is 6.86. The Morgan fingerprint density at radius 2 is 2.06 bits per heavy atom. The highest BCUT2D eigenvalue weighted by atomic mass is 16.5. The molecule has 36 heavy (non-hydrogen) atoms. The normalized spacial score (nSPS) is 16.6. The van der Waals surface area contributed by atoms with Gasteiger partial charge in [0, 0.05) is 43.2 Å². The minimum atomic E-state index is -0.110. The number of likely N-dealkylation sites (tertiary alicyclic amines) is 1. The van der Waals surface area contributed by atoms with Crippen molar-refractivity contribution in [1.82, 2.24) is 29.2 Å². The van der Waals surface area contributed by atoms with Crippen LogP contribution >= 0.6 is 0 Å². The van der Waals surface area contributed by atoms with Crippen LogP contribution in [0.2, 0.25) is 0 Å². The predicted molar refractivity (Wildman–Crippen MR) is 142 cm³/mol. The van der Waals surface area contributed by atoms with Gasteiger partial charge in [-0.3, -0.25) is 14.3 Å². The molecule has 1 saturated heterocycles. The zero-order valence-corrected chi connectivity index (χ0v) is 21.5. The van der Waals surface area contributed by atoms with Crippen LogP contribution in [0.25, 0.3) is 28.1 Å². The van der Waals surface area contributed by atoms with Gasteiger partial charge >= 0.3 is 0 Å². The van der Waals surface area contributed by atoms with Crippen LogP contribution in [0.1, 0.15) is 32.4 Å². The summed E-state index contributed by atoms with van der Waals surface area (Å²) in [5, 5.41) is 4.66. The van der Waals surface area contributed by atoms with Crippen molar-refractivity contribution in [2.75, 3.05) is 26.7 Å². The van der Waals surface area contributed by atoms with E-state index in [2.05, 4.69) is 28.8 Å². The summed E-state index contributed by atoms with van der Waals surface area (Å²) in [6.07, 6.45) is 5.83. The Hall–Kier alpha value is -3.52. The first-order valence-electron chi connectivity index (χ1n) is 12.7. The van der Waals surface area contributed by atoms with E-state index in [4.69, 9.17) is 9.72 Å². The first kappa shape index (κ1) is 24.2. The number of aryl methyl sites for hydroxylation is 1. The Labute approximate surface area is 211 Å². The average molecular weight is 487 g/mol. The Bertz CT molecular complexity index is 1420. The van der Waals surface area contributed by atoms with Crippen molar-refractivity contribution in [3.63, 3.8) is 0 Å². The third kappa shape index (κ3) is 4.91. The molecule has 0 bridgehead atoms. The molecule has 0 radical (unpaired) electrons. The van der Waals surface area contributed by atoms with Gasteiger partial charge in [-0.25, -0.2) is 9.67 Å². The third-order valence-corrected chi connectivity index (χ3v) is 6.86. The van der Waals surface area contributed by atoms with E-state index in [-0.39, 0.29) is 5.56 Å². The fourth-order valence-corrected chi connectivity index (χ4v) is 5.22. The molecule has 4 heterocycles. The van der Waals surface area contributed by atoms with Crippen LogP contribution < -0.4 is 10.3 Å². The van der Waals surface area contributed by atoms with E-state index < -0.39 is 0 Å². The van der Waals surface area contributed by atoms with Crippen LogP contribution in [0.15, 0.2) is 53.6 Å². The molecule has 1 aliphatic rings. The predicted octanol–water partition coefficient (Wildman–Crippen LogP) is 4.33. The van der Waals surface area contributed by atoms with Crippen molar-refractivity contribution in [3.05, 3.63) is 64.8 Å². The van der Waals surface area contributed by atoms with Gasteiger partial charge in [-0.1, -0.05) is 19.9 Å². The van der Waals surface area contributed by atoms with Gasteiger partial charge in [0.1, 0.15) is 17.1 Å². The van der Waals surface area contributed by atoms with Crippen molar-refractivity contribution < 1.29 is 4.74 Å². The highest BCUT2D eigenvalue weighted by Crippen LogP contribution is 2.25. The minimum Gasteiger partial charge on any atom is -0.497 e. The number of piperidine rings is 1. The molecule has 0 spiro atoms. The van der Waals surface area contributed by atoms with Crippen LogP contribution in [0, 0.1) is 18.8 Å². The van der Waals surface area contributed by atoms with Gasteiger partial charge in [-0.15, -0.1) is 0 Å². The van der Waals surface area contributed by atoms with Gasteiger partial charge in [0.2, 0.25) is 0 Å². The number of methoxy groups -OCH3 is 1. The lowest BCUT2D eigenvalue weighted by Crippen LogP contribution is -2.40. The molecule has 1 atom stereocenters. The Kier molecular flexibility index (Phi) is 6.87. The summed E-state index contributed by atoms with van der Waals surface area (Å²) in [5.74, 6) is 2.39. The highest BCUT2D eigenvalue weighted by Gasteiger charge is 2.24. The van der Waals surface area contributed by atoms with Gasteiger partial charge in [0.15, 0.2) is 5.52 Å². The molecule has 0 aliphatic carbocycles. The molecule has 1 aliphatic heterocycles. The smallest absolute Gasteiger partial charge is 0.282 e. The monoisotopic (exact) mass is 486 g/mol. The molecular weight excluding hydrogens is 452 g/mol. The van der Waals surface area contributed by atoms with Crippen molar-refractivity contribution >= 4 is 11.0 Å². The standard InChI is InChI=1S/C28H34N6O2/c1-19(2)15-32-13-7-8-21(16-32)17-33-27(24-11-6-12-29-20(24)3)30-25-18-34(31-26(25)28(33)35)22-9-5-10-23(14-22)36-4/h5-6,9-12,14,18-19,21H,7-8,13,15-17H2,1-4H3/t21-/m0/s1. The first-order valence-corrected chi connectivity index (χ1v) is 12.7. The average Bonchev–Trinajstić information content (AvgIpc) is 3.31. The summed E-state index contributed by atoms with van der Waals surface area (Å²) in [6, 6.07) is 11.5. The Morgan fingerprint density at radius 3 is 2.83 bits per heavy atom. The molecule has 188 valence electrons. The quantitative estimate of drug-likeness (QED) is 0.387. The molecule has 8 nitrogen and oxygen atoms in total. The maximum atomic E-state index is 13.9. The van der Waals surface area contributed by atoms with E-state index in [1.165, 1.54) is 0 Å². The molecule has 0 N–H and O–H groups in total. The van der Waals surface area contributed by atoms with Crippen LogP contribution in [0.5, 0.6) is 5.75 Å². The number of hydrogen-bond donors (Lipinski definition) is 0. The van der Waals surface area contributed by atoms with E-state index >= 15 is 0 Å². The SMILES string of the molecule is COc1cccc(-n2cc3nc(-c4cccnc4C)n(C[C@H]4CCCN(CC(C)C)C4)c(=O)c3n2)c1. The zero-order valence-electron chi connectivity index (χ0n) is 21.5. The maximum absolute atomic E-state index is 13.9. The largest absolute Gasteiger partial charge is 0.497 e. The van der Waals surface area contributed by atoms with Crippen molar-refractivity contribution in [2.45, 2.75) is 40.2 Å². The highest BCUT2D eigenvalue weighted by molar-refractivity contribution is 5.76. The van der Waals surface area contributed by atoms with E-state index in [1.54, 1.807) is 18.0 Å². The number of fused-ring (bicyclic) bond motifs is 1. The van der Waals surface area contributed by atoms with Crippen LogP contribution in [-0.4, -0.2) is 56.0 Å². The topological polar surface area (TPSA) is 78.1 Å². The number of rotatable bonds is 7. The second-order valence-corrected chi connectivity index (χ2v) is 10.2. The molecule has 3 aromatic heterocycles. The van der Waals surface area contributed by atoms with Crippen molar-refractivity contribution in [1.29, 1.82) is 0 Å². The maximum Gasteiger partial charge on any atom is 0.282 e. The molecule has 8 heteroatoms. The fraction of sp³-hybridized carbons (Fsp3) is 0.429. The summed E-state index contributed by atoms with van der Waals surface area (Å²) in [6.45, 7) is 10.3. The Morgan fingerprint density at radius 1 is 1.19 bits per heavy atom.